The van der Waals surface area contributed by atoms with Gasteiger partial charge in [0, 0.05) is 22.1 Å². The van der Waals surface area contributed by atoms with Crippen LogP contribution in [0.25, 0.3) is 94.6 Å². The Bertz CT molecular complexity index is 4870. The van der Waals surface area contributed by atoms with Crippen molar-refractivity contribution in [2.45, 2.75) is 14.7 Å². The molecule has 0 radical (unpaired) electrons. The average Bonchev–Trinajstić information content (AvgIpc) is 4.10. The quantitative estimate of drug-likeness (QED) is 0.0988. The number of pyridine rings is 1. The highest BCUT2D eigenvalue weighted by atomic mass is 35.5. The molecule has 0 spiro atoms. The summed E-state index contributed by atoms with van der Waals surface area (Å²) in [7, 11) is -14.5. The minimum atomic E-state index is -4.89. The van der Waals surface area contributed by atoms with E-state index in [1.807, 2.05) is 18.2 Å². The predicted octanol–water partition coefficient (Wildman–Crippen LogP) is 10.4. The van der Waals surface area contributed by atoms with Gasteiger partial charge in [0.1, 0.15) is 62.0 Å². The Balaban J connectivity index is 1.48. The lowest BCUT2D eigenvalue weighted by Gasteiger charge is -2.13. The van der Waals surface area contributed by atoms with E-state index < -0.39 is 67.8 Å². The summed E-state index contributed by atoms with van der Waals surface area (Å²) in [5, 5.41) is 29.2. The molecule has 0 amide bonds. The molecule has 3 N–H and O–H groups in total. The zero-order chi connectivity index (χ0) is 52.7. The maximum absolute atomic E-state index is 16.8. The van der Waals surface area contributed by atoms with Gasteiger partial charge in [-0.3, -0.25) is 27.2 Å². The third kappa shape index (κ3) is 7.39. The maximum atomic E-state index is 16.8. The second kappa shape index (κ2) is 16.7. The van der Waals surface area contributed by atoms with E-state index in [9.17, 15) is 54.7 Å². The molecule has 0 fully saturated rings. The van der Waals surface area contributed by atoms with E-state index in [1.165, 1.54) is 56.0 Å². The van der Waals surface area contributed by atoms with Crippen LogP contribution in [0.15, 0.2) is 118 Å². The summed E-state index contributed by atoms with van der Waals surface area (Å²) in [6, 6.07) is 25.1. The third-order valence-corrected chi connectivity index (χ3v) is 15.6. The van der Waals surface area contributed by atoms with Crippen molar-refractivity contribution in [2.24, 2.45) is 0 Å². The summed E-state index contributed by atoms with van der Waals surface area (Å²) >= 11 is 20.7. The Morgan fingerprint density at radius 2 is 0.892 bits per heavy atom. The molecule has 0 aliphatic heterocycles. The predicted molar refractivity (Wildman–Crippen MR) is 266 cm³/mol. The molecule has 4 aromatic heterocycles. The van der Waals surface area contributed by atoms with Gasteiger partial charge in [-0.2, -0.15) is 41.0 Å². The lowest BCUT2D eigenvalue weighted by Crippen LogP contribution is -2.03. The molecular weight excluding hydrogens is 1090 g/mol. The highest BCUT2D eigenvalue weighted by molar-refractivity contribution is 7.86. The minimum Gasteiger partial charge on any atom is -0.290 e. The zero-order valence-electron chi connectivity index (χ0n) is 36.2. The van der Waals surface area contributed by atoms with Crippen molar-refractivity contribution >= 4 is 126 Å². The highest BCUT2D eigenvalue weighted by Crippen LogP contribution is 2.47. The van der Waals surface area contributed by atoms with Crippen molar-refractivity contribution < 1.29 is 47.7 Å². The molecule has 4 heterocycles. The van der Waals surface area contributed by atoms with Gasteiger partial charge in [-0.25, -0.2) is 23.7 Å². The first kappa shape index (κ1) is 48.2. The Morgan fingerprint density at radius 1 is 0.486 bits per heavy atom. The van der Waals surface area contributed by atoms with Crippen LogP contribution in [0.2, 0.25) is 15.1 Å². The number of fused-ring (bicyclic) bond motifs is 13. The first-order valence-corrected chi connectivity index (χ1v) is 26.2. The van der Waals surface area contributed by atoms with Crippen LogP contribution in [-0.4, -0.2) is 67.4 Å². The smallest absolute Gasteiger partial charge is 0.290 e. The van der Waals surface area contributed by atoms with E-state index in [0.29, 0.717) is 0 Å². The zero-order valence-corrected chi connectivity index (χ0v) is 41.0. The van der Waals surface area contributed by atoms with Crippen LogP contribution in [-0.2, 0) is 30.4 Å². The number of halogens is 5. The summed E-state index contributed by atoms with van der Waals surface area (Å²) in [6.45, 7) is 0. The number of nitriles is 3. The summed E-state index contributed by atoms with van der Waals surface area (Å²) in [5.41, 5.74) is -1.57. The topological polar surface area (TPSA) is 287 Å². The molecule has 0 bridgehead atoms. The summed E-state index contributed by atoms with van der Waals surface area (Å²) in [4.78, 5) is 13.5. The van der Waals surface area contributed by atoms with Gasteiger partial charge in [0.15, 0.2) is 0 Å². The first-order valence-electron chi connectivity index (χ1n) is 20.7. The molecule has 0 atom stereocenters. The molecule has 0 unspecified atom stereocenters. The van der Waals surface area contributed by atoms with Gasteiger partial charge >= 0.3 is 0 Å². The molecule has 0 aliphatic carbocycles. The van der Waals surface area contributed by atoms with Gasteiger partial charge in [0.2, 0.25) is 0 Å². The summed E-state index contributed by atoms with van der Waals surface area (Å²) in [6.07, 6.45) is 0. The standard InChI is InChI=1S/C48H20Cl3F2N9O9S3/c49-31-12-21(18-54)11-30-29-17-28(74(69,70)71)9-10-36(29)62-45-41(57-46(62)37(30)31)43-40(58-47(38-32(50)13-22(19-55)15-34(38)52)60(43)24-1-5-26(6-2-24)72(63,64)65)44-42(45)59-48(39-33(51)14-23(20-56)16-35(39)53)61(44)25-3-7-27(8-4-25)73(66,67)68/h1-17H,(H,63,64,65)(H,66,67,68)(H,69,70,71). The second-order valence-corrected chi connectivity index (χ2v) is 21.8. The highest BCUT2D eigenvalue weighted by Gasteiger charge is 2.33. The molecule has 18 nitrogen and oxygen atoms in total. The van der Waals surface area contributed by atoms with Crippen molar-refractivity contribution in [1.82, 2.24) is 28.5 Å². The summed E-state index contributed by atoms with van der Waals surface area (Å²) in [5.74, 6) is -2.81. The van der Waals surface area contributed by atoms with E-state index in [0.717, 1.165) is 60.7 Å². The number of imidazole rings is 3. The third-order valence-electron chi connectivity index (χ3n) is 12.1. The number of benzene rings is 7. The number of nitrogens with zero attached hydrogens (tertiary/aromatic N) is 9. The molecule has 364 valence electrons. The van der Waals surface area contributed by atoms with Gasteiger partial charge in [0.05, 0.1) is 81.3 Å². The van der Waals surface area contributed by atoms with Crippen molar-refractivity contribution in [3.05, 3.63) is 147 Å². The van der Waals surface area contributed by atoms with Crippen molar-refractivity contribution in [2.75, 3.05) is 0 Å². The maximum Gasteiger partial charge on any atom is 0.294 e. The molecule has 7 aromatic carbocycles. The number of aromatic nitrogens is 6. The molecule has 0 saturated carbocycles. The molecule has 0 saturated heterocycles. The van der Waals surface area contributed by atoms with E-state index in [-0.39, 0.29) is 115 Å². The monoisotopic (exact) mass is 1100 g/mol. The van der Waals surface area contributed by atoms with Crippen LogP contribution in [0.1, 0.15) is 16.7 Å². The Labute approximate surface area is 428 Å². The SMILES string of the molecule is N#Cc1cc(F)c(-c2nc3c(c4nc(-c5c(F)cc(C#N)cc5Cl)n(-c5ccc(S(=O)(=O)O)cc5)c4c4nc5c6c(Cl)cc(C#N)cc6c6cc(S(=O)(=O)O)ccc6n5c34)n2-c2ccc(S(=O)(=O)O)cc2)c(Cl)c1. The molecule has 11 rings (SSSR count). The van der Waals surface area contributed by atoms with Crippen LogP contribution in [0.5, 0.6) is 0 Å². The first-order chi connectivity index (χ1) is 35.0. The Kier molecular flexibility index (Phi) is 10.9. The van der Waals surface area contributed by atoms with Gasteiger partial charge in [-0.1, -0.05) is 34.8 Å². The van der Waals surface area contributed by atoms with Gasteiger partial charge in [0.25, 0.3) is 30.4 Å². The molecular formula is C48H20Cl3F2N9O9S3. The average molecular weight is 1110 g/mol. The minimum absolute atomic E-state index is 0.000180. The number of hydrogen-bond donors (Lipinski definition) is 3. The Hall–Kier alpha value is -8.12. The normalized spacial score (nSPS) is 12.3. The van der Waals surface area contributed by atoms with Gasteiger partial charge in [-0.15, -0.1) is 0 Å². The second-order valence-electron chi connectivity index (χ2n) is 16.3. The van der Waals surface area contributed by atoms with Crippen LogP contribution in [0.3, 0.4) is 0 Å². The van der Waals surface area contributed by atoms with Crippen LogP contribution in [0, 0.1) is 45.6 Å². The van der Waals surface area contributed by atoms with Crippen molar-refractivity contribution in [3.8, 4) is 52.4 Å². The largest absolute Gasteiger partial charge is 0.294 e. The van der Waals surface area contributed by atoms with Gasteiger partial charge < -0.3 is 0 Å². The fourth-order valence-corrected chi connectivity index (χ4v) is 11.4. The fourth-order valence-electron chi connectivity index (χ4n) is 9.09. The van der Waals surface area contributed by atoms with Crippen LogP contribution < -0.4 is 0 Å². The van der Waals surface area contributed by atoms with E-state index in [4.69, 9.17) is 49.8 Å². The molecule has 11 aromatic rings. The van der Waals surface area contributed by atoms with E-state index in [1.54, 1.807) is 0 Å². The van der Waals surface area contributed by atoms with E-state index in [2.05, 4.69) is 0 Å². The van der Waals surface area contributed by atoms with Crippen LogP contribution >= 0.6 is 34.8 Å². The fraction of sp³-hybridized carbons (Fsp3) is 0. The number of hydrogen-bond acceptors (Lipinski definition) is 12. The molecule has 0 aliphatic rings. The van der Waals surface area contributed by atoms with E-state index >= 15 is 8.78 Å². The van der Waals surface area contributed by atoms with Crippen molar-refractivity contribution in [1.29, 1.82) is 15.8 Å². The molecule has 26 heteroatoms. The van der Waals surface area contributed by atoms with Crippen LogP contribution in [0.4, 0.5) is 8.78 Å². The summed E-state index contributed by atoms with van der Waals surface area (Å²) < 4.78 is 143. The Morgan fingerprint density at radius 3 is 1.32 bits per heavy atom. The number of rotatable bonds is 7. The van der Waals surface area contributed by atoms with Gasteiger partial charge in [-0.05, 0) is 109 Å². The molecule has 74 heavy (non-hydrogen) atoms. The van der Waals surface area contributed by atoms with Crippen molar-refractivity contribution in [3.63, 3.8) is 0 Å². The lowest BCUT2D eigenvalue weighted by atomic mass is 10.0. The lowest BCUT2D eigenvalue weighted by molar-refractivity contribution is 0.481.